The second-order valence-electron chi connectivity index (χ2n) is 7.33. The van der Waals surface area contributed by atoms with Crippen molar-refractivity contribution in [1.29, 1.82) is 0 Å². The van der Waals surface area contributed by atoms with Gasteiger partial charge in [-0.05, 0) is 43.4 Å². The quantitative estimate of drug-likeness (QED) is 0.797. The molecule has 0 bridgehead atoms. The molecule has 0 radical (unpaired) electrons. The first-order valence-electron chi connectivity index (χ1n) is 9.64. The molecule has 0 spiro atoms. The molecule has 6 nitrogen and oxygen atoms in total. The van der Waals surface area contributed by atoms with Crippen LogP contribution in [-0.2, 0) is 29.2 Å². The van der Waals surface area contributed by atoms with Gasteiger partial charge in [-0.1, -0.05) is 0 Å². The topological polar surface area (TPSA) is 52.4 Å². The second-order valence-corrected chi connectivity index (χ2v) is 7.33. The number of ether oxygens (including phenoxy) is 2. The fourth-order valence-electron chi connectivity index (χ4n) is 3.98. The van der Waals surface area contributed by atoms with Crippen molar-refractivity contribution >= 4 is 0 Å². The molecule has 1 saturated heterocycles. The van der Waals surface area contributed by atoms with Gasteiger partial charge in [0.15, 0.2) is 0 Å². The van der Waals surface area contributed by atoms with Crippen molar-refractivity contribution in [3.8, 4) is 0 Å². The Hall–Kier alpha value is -1.76. The molecule has 0 aromatic carbocycles. The molecule has 2 aromatic heterocycles. The summed E-state index contributed by atoms with van der Waals surface area (Å²) in [5.41, 5.74) is 2.32. The van der Waals surface area contributed by atoms with Crippen LogP contribution in [-0.4, -0.2) is 45.7 Å². The summed E-state index contributed by atoms with van der Waals surface area (Å²) in [6.07, 6.45) is 7.95. The van der Waals surface area contributed by atoms with E-state index in [0.717, 1.165) is 44.3 Å². The average Bonchev–Trinajstić information content (AvgIpc) is 3.10. The molecular formula is C20H28N4O2. The van der Waals surface area contributed by atoms with Crippen LogP contribution in [0.15, 0.2) is 30.7 Å². The van der Waals surface area contributed by atoms with E-state index in [1.54, 1.807) is 12.4 Å². The van der Waals surface area contributed by atoms with Gasteiger partial charge in [-0.3, -0.25) is 9.88 Å². The summed E-state index contributed by atoms with van der Waals surface area (Å²) >= 11 is 0. The number of aromatic nitrogens is 3. The lowest BCUT2D eigenvalue weighted by Gasteiger charge is -2.37. The van der Waals surface area contributed by atoms with Gasteiger partial charge in [0.1, 0.15) is 5.82 Å². The van der Waals surface area contributed by atoms with E-state index in [9.17, 15) is 0 Å². The van der Waals surface area contributed by atoms with Crippen LogP contribution in [0.1, 0.15) is 42.9 Å². The lowest BCUT2D eigenvalue weighted by atomic mass is 9.98. The number of rotatable bonds is 6. The van der Waals surface area contributed by atoms with E-state index < -0.39 is 0 Å². The molecule has 4 rings (SSSR count). The lowest BCUT2D eigenvalue weighted by Crippen LogP contribution is -2.41. The van der Waals surface area contributed by atoms with E-state index in [1.807, 2.05) is 18.3 Å². The Bertz CT molecular complexity index is 697. The molecule has 1 fully saturated rings. The maximum absolute atomic E-state index is 5.90. The Labute approximate surface area is 155 Å². The van der Waals surface area contributed by atoms with Crippen molar-refractivity contribution in [2.75, 3.05) is 26.3 Å². The molecule has 6 heteroatoms. The van der Waals surface area contributed by atoms with Crippen molar-refractivity contribution in [2.24, 2.45) is 5.92 Å². The molecule has 2 aromatic rings. The molecule has 2 aliphatic heterocycles. The van der Waals surface area contributed by atoms with Gasteiger partial charge in [0.25, 0.3) is 0 Å². The molecule has 0 saturated carbocycles. The Morgan fingerprint density at radius 2 is 1.96 bits per heavy atom. The number of pyridine rings is 1. The highest BCUT2D eigenvalue weighted by Gasteiger charge is 2.29. The van der Waals surface area contributed by atoms with Crippen molar-refractivity contribution < 1.29 is 9.47 Å². The monoisotopic (exact) mass is 356 g/mol. The molecule has 0 amide bonds. The molecule has 26 heavy (non-hydrogen) atoms. The molecular weight excluding hydrogens is 328 g/mol. The van der Waals surface area contributed by atoms with Crippen molar-refractivity contribution in [3.63, 3.8) is 0 Å². The Morgan fingerprint density at radius 3 is 2.77 bits per heavy atom. The molecule has 1 unspecified atom stereocenters. The summed E-state index contributed by atoms with van der Waals surface area (Å²) in [5.74, 6) is 1.93. The zero-order valence-electron chi connectivity index (χ0n) is 15.5. The average molecular weight is 356 g/mol. The molecule has 2 aliphatic rings. The van der Waals surface area contributed by atoms with Gasteiger partial charge < -0.3 is 14.0 Å². The third-order valence-corrected chi connectivity index (χ3v) is 5.60. The molecule has 140 valence electrons. The van der Waals surface area contributed by atoms with Gasteiger partial charge in [0.2, 0.25) is 0 Å². The van der Waals surface area contributed by atoms with Crippen LogP contribution in [0.5, 0.6) is 0 Å². The highest BCUT2D eigenvalue weighted by atomic mass is 16.5. The van der Waals surface area contributed by atoms with Crippen LogP contribution >= 0.6 is 0 Å². The standard InChI is InChI=1S/C20H28N4O2/c1-16-20-22-12-19(15-26-14-18-2-6-21-7-3-18)24(20)9-8-23(16)13-17-4-10-25-11-5-17/h2-3,6-7,12,16-17H,4-5,8-11,13-15H2,1H3. The predicted molar refractivity (Wildman–Crippen MR) is 98.5 cm³/mol. The number of hydrogen-bond acceptors (Lipinski definition) is 5. The molecule has 0 aliphatic carbocycles. The largest absolute Gasteiger partial charge is 0.381 e. The van der Waals surface area contributed by atoms with E-state index >= 15 is 0 Å². The van der Waals surface area contributed by atoms with Crippen LogP contribution in [0.4, 0.5) is 0 Å². The Morgan fingerprint density at radius 1 is 1.15 bits per heavy atom. The number of nitrogens with zero attached hydrogens (tertiary/aromatic N) is 4. The highest BCUT2D eigenvalue weighted by Crippen LogP contribution is 2.28. The van der Waals surface area contributed by atoms with Crippen LogP contribution in [0.2, 0.25) is 0 Å². The lowest BCUT2D eigenvalue weighted by molar-refractivity contribution is 0.0402. The molecule has 4 heterocycles. The van der Waals surface area contributed by atoms with Crippen molar-refractivity contribution in [3.05, 3.63) is 47.8 Å². The van der Waals surface area contributed by atoms with Crippen LogP contribution in [0.25, 0.3) is 0 Å². The minimum atomic E-state index is 0.362. The highest BCUT2D eigenvalue weighted by molar-refractivity contribution is 5.11. The SMILES string of the molecule is CC1c2ncc(COCc3ccncc3)n2CCN1CC1CCOCC1. The second kappa shape index (κ2) is 8.29. The third kappa shape index (κ3) is 3.98. The van der Waals surface area contributed by atoms with E-state index in [0.29, 0.717) is 19.3 Å². The minimum Gasteiger partial charge on any atom is -0.381 e. The summed E-state index contributed by atoms with van der Waals surface area (Å²) in [6.45, 7) is 8.55. The summed E-state index contributed by atoms with van der Waals surface area (Å²) in [6, 6.07) is 4.34. The zero-order chi connectivity index (χ0) is 17.8. The maximum atomic E-state index is 5.90. The van der Waals surface area contributed by atoms with E-state index in [2.05, 4.69) is 21.4 Å². The molecule has 0 N–H and O–H groups in total. The van der Waals surface area contributed by atoms with Gasteiger partial charge in [0, 0.05) is 45.2 Å². The van der Waals surface area contributed by atoms with Crippen molar-refractivity contribution in [2.45, 2.75) is 45.6 Å². The first-order chi connectivity index (χ1) is 12.8. The van der Waals surface area contributed by atoms with E-state index in [1.165, 1.54) is 24.4 Å². The van der Waals surface area contributed by atoms with Gasteiger partial charge >= 0.3 is 0 Å². The fourth-order valence-corrected chi connectivity index (χ4v) is 3.98. The first kappa shape index (κ1) is 17.6. The van der Waals surface area contributed by atoms with Gasteiger partial charge in [-0.25, -0.2) is 4.98 Å². The summed E-state index contributed by atoms with van der Waals surface area (Å²) in [5, 5.41) is 0. The fraction of sp³-hybridized carbons (Fsp3) is 0.600. The predicted octanol–water partition coefficient (Wildman–Crippen LogP) is 2.80. The maximum Gasteiger partial charge on any atom is 0.126 e. The minimum absolute atomic E-state index is 0.362. The Balaban J connectivity index is 1.34. The van der Waals surface area contributed by atoms with Gasteiger partial charge in [-0.15, -0.1) is 0 Å². The summed E-state index contributed by atoms with van der Waals surface area (Å²) < 4.78 is 13.7. The van der Waals surface area contributed by atoms with Crippen LogP contribution < -0.4 is 0 Å². The summed E-state index contributed by atoms with van der Waals surface area (Å²) in [4.78, 5) is 11.3. The van der Waals surface area contributed by atoms with E-state index in [-0.39, 0.29) is 0 Å². The normalized spacial score (nSPS) is 21.7. The van der Waals surface area contributed by atoms with Gasteiger partial charge in [-0.2, -0.15) is 0 Å². The van der Waals surface area contributed by atoms with Crippen molar-refractivity contribution in [1.82, 2.24) is 19.4 Å². The van der Waals surface area contributed by atoms with Gasteiger partial charge in [0.05, 0.1) is 31.1 Å². The van der Waals surface area contributed by atoms with E-state index in [4.69, 9.17) is 14.5 Å². The first-order valence-corrected chi connectivity index (χ1v) is 9.64. The zero-order valence-corrected chi connectivity index (χ0v) is 15.5. The number of fused-ring (bicyclic) bond motifs is 1. The van der Waals surface area contributed by atoms with Crippen LogP contribution in [0.3, 0.4) is 0 Å². The smallest absolute Gasteiger partial charge is 0.126 e. The van der Waals surface area contributed by atoms with Crippen LogP contribution in [0, 0.1) is 5.92 Å². The molecule has 1 atom stereocenters. The Kier molecular flexibility index (Phi) is 5.62. The number of imidazole rings is 1. The number of hydrogen-bond donors (Lipinski definition) is 0. The summed E-state index contributed by atoms with van der Waals surface area (Å²) in [7, 11) is 0. The third-order valence-electron chi connectivity index (χ3n) is 5.60.